The molecule has 0 fully saturated rings. The quantitative estimate of drug-likeness (QED) is 0.671. The van der Waals surface area contributed by atoms with Gasteiger partial charge in [-0.25, -0.2) is 14.4 Å². The van der Waals surface area contributed by atoms with Gasteiger partial charge in [0.1, 0.15) is 11.5 Å². The molecular weight excluding hydrogens is 343 g/mol. The molecule has 138 valence electrons. The van der Waals surface area contributed by atoms with Crippen LogP contribution in [0.4, 0.5) is 16.0 Å². The molecule has 0 aliphatic carbocycles. The second-order valence-electron chi connectivity index (χ2n) is 6.44. The van der Waals surface area contributed by atoms with E-state index in [0.717, 1.165) is 0 Å². The van der Waals surface area contributed by atoms with E-state index in [-0.39, 0.29) is 29.9 Å². The molecule has 27 heavy (non-hydrogen) atoms. The number of hydrogen-bond acceptors (Lipinski definition) is 4. The molecule has 1 amide bonds. The molecule has 0 aliphatic rings. The predicted molar refractivity (Wildman–Crippen MR) is 104 cm³/mol. The lowest BCUT2D eigenvalue weighted by Gasteiger charge is -2.09. The minimum absolute atomic E-state index is 0.231. The number of benzene rings is 2. The van der Waals surface area contributed by atoms with Gasteiger partial charge in [0.15, 0.2) is 0 Å². The number of nitrogens with zero attached hydrogens (tertiary/aromatic N) is 2. The topological polar surface area (TPSA) is 66.9 Å². The van der Waals surface area contributed by atoms with Gasteiger partial charge in [-0.15, -0.1) is 0 Å². The van der Waals surface area contributed by atoms with E-state index in [4.69, 9.17) is 0 Å². The van der Waals surface area contributed by atoms with Gasteiger partial charge in [0.25, 0.3) is 5.91 Å². The van der Waals surface area contributed by atoms with Crippen molar-refractivity contribution in [1.29, 1.82) is 0 Å². The van der Waals surface area contributed by atoms with Gasteiger partial charge in [0.2, 0.25) is 5.95 Å². The average molecular weight is 364 g/mol. The van der Waals surface area contributed by atoms with Gasteiger partial charge in [-0.05, 0) is 35.7 Å². The van der Waals surface area contributed by atoms with Gasteiger partial charge in [-0.2, -0.15) is 0 Å². The number of halogens is 1. The van der Waals surface area contributed by atoms with E-state index in [1.165, 1.54) is 23.9 Å². The molecule has 5 nitrogen and oxygen atoms in total. The summed E-state index contributed by atoms with van der Waals surface area (Å²) in [4.78, 5) is 20.7. The Morgan fingerprint density at radius 1 is 1.07 bits per heavy atom. The van der Waals surface area contributed by atoms with Crippen LogP contribution in [0.3, 0.4) is 0 Å². The van der Waals surface area contributed by atoms with Crippen LogP contribution in [0.15, 0.2) is 60.8 Å². The number of rotatable bonds is 6. The average Bonchev–Trinajstić information content (AvgIpc) is 2.68. The number of carbonyl (C=O) groups excluding carboxylic acids is 1. The number of amides is 1. The summed E-state index contributed by atoms with van der Waals surface area (Å²) in [6.07, 6.45) is 1.49. The summed E-state index contributed by atoms with van der Waals surface area (Å²) in [6.45, 7) is 4.46. The Hall–Kier alpha value is -3.28. The Bertz CT molecular complexity index is 925. The maximum Gasteiger partial charge on any atom is 0.274 e. The Labute approximate surface area is 157 Å². The van der Waals surface area contributed by atoms with Crippen molar-refractivity contribution in [3.63, 3.8) is 0 Å². The summed E-state index contributed by atoms with van der Waals surface area (Å²) in [7, 11) is 0. The molecule has 0 saturated carbocycles. The first-order valence-electron chi connectivity index (χ1n) is 8.74. The van der Waals surface area contributed by atoms with Crippen molar-refractivity contribution in [3.8, 4) is 0 Å². The van der Waals surface area contributed by atoms with Crippen molar-refractivity contribution in [2.45, 2.75) is 26.3 Å². The molecule has 0 unspecified atom stereocenters. The highest BCUT2D eigenvalue weighted by Gasteiger charge is 2.10. The fraction of sp³-hybridized carbons (Fsp3) is 0.190. The van der Waals surface area contributed by atoms with E-state index in [2.05, 4.69) is 34.4 Å². The van der Waals surface area contributed by atoms with Crippen LogP contribution in [0.25, 0.3) is 0 Å². The van der Waals surface area contributed by atoms with Gasteiger partial charge < -0.3 is 10.6 Å². The van der Waals surface area contributed by atoms with Gasteiger partial charge in [-0.3, -0.25) is 4.79 Å². The minimum Gasteiger partial charge on any atom is -0.350 e. The van der Waals surface area contributed by atoms with E-state index >= 15 is 0 Å². The van der Waals surface area contributed by atoms with E-state index in [9.17, 15) is 9.18 Å². The molecule has 0 aliphatic heterocycles. The number of nitrogens with one attached hydrogen (secondary N) is 2. The molecule has 1 aromatic heterocycles. The standard InChI is InChI=1S/C21H21FN4O/c1-14(2)15-7-9-17(10-8-15)25-20(27)19-11-12-23-21(26-19)24-13-16-5-3-4-6-18(16)22/h3-12,14H,13H2,1-2H3,(H,25,27)(H,23,24,26). The van der Waals surface area contributed by atoms with E-state index < -0.39 is 0 Å². The lowest BCUT2D eigenvalue weighted by molar-refractivity contribution is 0.102. The molecule has 1 heterocycles. The Balaban J connectivity index is 1.65. The molecule has 2 N–H and O–H groups in total. The molecular formula is C21H21FN4O. The van der Waals surface area contributed by atoms with Crippen molar-refractivity contribution in [2.24, 2.45) is 0 Å². The number of carbonyl (C=O) groups is 1. The number of aromatic nitrogens is 2. The molecule has 0 radical (unpaired) electrons. The van der Waals surface area contributed by atoms with Crippen LogP contribution in [0.5, 0.6) is 0 Å². The SMILES string of the molecule is CC(C)c1ccc(NC(=O)c2ccnc(NCc3ccccc3F)n2)cc1. The highest BCUT2D eigenvalue weighted by molar-refractivity contribution is 6.02. The largest absolute Gasteiger partial charge is 0.350 e. The first kappa shape index (κ1) is 18.5. The van der Waals surface area contributed by atoms with E-state index in [1.54, 1.807) is 18.2 Å². The van der Waals surface area contributed by atoms with E-state index in [0.29, 0.717) is 17.2 Å². The van der Waals surface area contributed by atoms with Gasteiger partial charge in [-0.1, -0.05) is 44.2 Å². The molecule has 0 saturated heterocycles. The third-order valence-corrected chi connectivity index (χ3v) is 4.12. The summed E-state index contributed by atoms with van der Waals surface area (Å²) in [5.74, 6) is 0.0631. The summed E-state index contributed by atoms with van der Waals surface area (Å²) in [6, 6.07) is 15.7. The maximum absolute atomic E-state index is 13.7. The summed E-state index contributed by atoms with van der Waals surface area (Å²) < 4.78 is 13.7. The zero-order chi connectivity index (χ0) is 19.2. The van der Waals surface area contributed by atoms with Crippen LogP contribution in [0.1, 0.15) is 41.4 Å². The van der Waals surface area contributed by atoms with E-state index in [1.807, 2.05) is 24.3 Å². The normalized spacial score (nSPS) is 10.7. The van der Waals surface area contributed by atoms with Crippen LogP contribution < -0.4 is 10.6 Å². The first-order valence-corrected chi connectivity index (χ1v) is 8.74. The first-order chi connectivity index (χ1) is 13.0. The fourth-order valence-corrected chi connectivity index (χ4v) is 2.53. The summed E-state index contributed by atoms with van der Waals surface area (Å²) in [5, 5.41) is 5.76. The number of hydrogen-bond donors (Lipinski definition) is 2. The van der Waals surface area contributed by atoms with Crippen molar-refractivity contribution < 1.29 is 9.18 Å². The van der Waals surface area contributed by atoms with Crippen LogP contribution >= 0.6 is 0 Å². The summed E-state index contributed by atoms with van der Waals surface area (Å²) in [5.41, 5.74) is 2.63. The molecule has 2 aromatic carbocycles. The van der Waals surface area contributed by atoms with Crippen molar-refractivity contribution in [2.75, 3.05) is 10.6 Å². The lowest BCUT2D eigenvalue weighted by Crippen LogP contribution is -2.15. The molecule has 3 aromatic rings. The third-order valence-electron chi connectivity index (χ3n) is 4.12. The van der Waals surface area contributed by atoms with Crippen LogP contribution in [-0.2, 0) is 6.54 Å². The highest BCUT2D eigenvalue weighted by atomic mass is 19.1. The maximum atomic E-state index is 13.7. The van der Waals surface area contributed by atoms with Crippen LogP contribution in [0.2, 0.25) is 0 Å². The minimum atomic E-state index is -0.330. The summed E-state index contributed by atoms with van der Waals surface area (Å²) >= 11 is 0. The van der Waals surface area contributed by atoms with Gasteiger partial charge in [0, 0.05) is 24.0 Å². The molecule has 0 atom stereocenters. The fourth-order valence-electron chi connectivity index (χ4n) is 2.53. The van der Waals surface area contributed by atoms with Crippen LogP contribution in [0, 0.1) is 5.82 Å². The monoisotopic (exact) mass is 364 g/mol. The smallest absolute Gasteiger partial charge is 0.274 e. The molecule has 6 heteroatoms. The second kappa shape index (κ2) is 8.40. The zero-order valence-corrected chi connectivity index (χ0v) is 15.2. The third kappa shape index (κ3) is 4.88. The van der Waals surface area contributed by atoms with Crippen molar-refractivity contribution in [3.05, 3.63) is 83.4 Å². The van der Waals surface area contributed by atoms with Gasteiger partial charge in [0.05, 0.1) is 0 Å². The predicted octanol–water partition coefficient (Wildman–Crippen LogP) is 4.60. The number of anilines is 2. The van der Waals surface area contributed by atoms with Crippen molar-refractivity contribution in [1.82, 2.24) is 9.97 Å². The second-order valence-corrected chi connectivity index (χ2v) is 6.44. The van der Waals surface area contributed by atoms with Gasteiger partial charge >= 0.3 is 0 Å². The van der Waals surface area contributed by atoms with Crippen molar-refractivity contribution >= 4 is 17.5 Å². The molecule has 0 bridgehead atoms. The Morgan fingerprint density at radius 2 is 1.81 bits per heavy atom. The zero-order valence-electron chi connectivity index (χ0n) is 15.2. The lowest BCUT2D eigenvalue weighted by atomic mass is 10.0. The molecule has 3 rings (SSSR count). The Morgan fingerprint density at radius 3 is 2.52 bits per heavy atom. The van der Waals surface area contributed by atoms with Crippen LogP contribution in [-0.4, -0.2) is 15.9 Å². The molecule has 0 spiro atoms. The Kier molecular flexibility index (Phi) is 5.76. The highest BCUT2D eigenvalue weighted by Crippen LogP contribution is 2.17.